The van der Waals surface area contributed by atoms with Gasteiger partial charge in [-0.15, -0.1) is 11.3 Å². The third-order valence-electron chi connectivity index (χ3n) is 3.79. The molecule has 5 heteroatoms. The zero-order valence-electron chi connectivity index (χ0n) is 13.4. The van der Waals surface area contributed by atoms with Gasteiger partial charge < -0.3 is 10.1 Å². The number of morpholine rings is 1. The second-order valence-electron chi connectivity index (χ2n) is 6.62. The van der Waals surface area contributed by atoms with Crippen LogP contribution < -0.4 is 5.32 Å². The van der Waals surface area contributed by atoms with Crippen molar-refractivity contribution in [2.24, 2.45) is 5.41 Å². The molecule has 1 aromatic rings. The number of amides is 1. The Kier molecular flexibility index (Phi) is 5.41. The summed E-state index contributed by atoms with van der Waals surface area (Å²) in [5.74, 6) is 0.102. The van der Waals surface area contributed by atoms with Gasteiger partial charge >= 0.3 is 0 Å². The topological polar surface area (TPSA) is 41.6 Å². The molecule has 1 saturated heterocycles. The number of hydrogen-bond donors (Lipinski definition) is 1. The fourth-order valence-electron chi connectivity index (χ4n) is 2.56. The number of hydrogen-bond acceptors (Lipinski definition) is 4. The summed E-state index contributed by atoms with van der Waals surface area (Å²) in [5.41, 5.74) is -0.362. The Balaban J connectivity index is 2.13. The molecular weight excluding hydrogens is 284 g/mol. The summed E-state index contributed by atoms with van der Waals surface area (Å²) >= 11 is 1.75. The maximum absolute atomic E-state index is 12.3. The summed E-state index contributed by atoms with van der Waals surface area (Å²) in [6.45, 7) is 11.3. The van der Waals surface area contributed by atoms with E-state index in [-0.39, 0.29) is 23.4 Å². The fraction of sp³-hybridized carbons (Fsp3) is 0.688. The van der Waals surface area contributed by atoms with E-state index in [2.05, 4.69) is 34.7 Å². The molecule has 0 spiro atoms. The lowest BCUT2D eigenvalue weighted by molar-refractivity contribution is -0.129. The molecule has 1 fully saturated rings. The SMILES string of the molecule is C[C@@H](NC(=O)C(C)(C)C)[C@@H](c1cccs1)N1CCOCC1. The zero-order chi connectivity index (χ0) is 15.5. The highest BCUT2D eigenvalue weighted by Gasteiger charge is 2.31. The van der Waals surface area contributed by atoms with Crippen molar-refractivity contribution in [2.75, 3.05) is 26.3 Å². The quantitative estimate of drug-likeness (QED) is 0.929. The van der Waals surface area contributed by atoms with Crippen molar-refractivity contribution >= 4 is 17.2 Å². The third kappa shape index (κ3) is 4.28. The van der Waals surface area contributed by atoms with Crippen LogP contribution in [0.15, 0.2) is 17.5 Å². The van der Waals surface area contributed by atoms with Crippen LogP contribution in [0.3, 0.4) is 0 Å². The predicted octanol–water partition coefficient (Wildman–Crippen LogP) is 2.67. The van der Waals surface area contributed by atoms with E-state index in [1.165, 1.54) is 4.88 Å². The number of nitrogens with one attached hydrogen (secondary N) is 1. The molecule has 0 aromatic carbocycles. The largest absolute Gasteiger partial charge is 0.379 e. The summed E-state index contributed by atoms with van der Waals surface area (Å²) in [6.07, 6.45) is 0. The van der Waals surface area contributed by atoms with E-state index in [1.54, 1.807) is 11.3 Å². The summed E-state index contributed by atoms with van der Waals surface area (Å²) < 4.78 is 5.46. The Labute approximate surface area is 131 Å². The molecule has 1 aliphatic rings. The summed E-state index contributed by atoms with van der Waals surface area (Å²) in [6, 6.07) is 4.53. The first-order valence-corrected chi connectivity index (χ1v) is 8.43. The van der Waals surface area contributed by atoms with Gasteiger partial charge in [-0.2, -0.15) is 0 Å². The van der Waals surface area contributed by atoms with Crippen LogP contribution in [0.25, 0.3) is 0 Å². The van der Waals surface area contributed by atoms with Crippen LogP contribution >= 0.6 is 11.3 Å². The minimum Gasteiger partial charge on any atom is -0.379 e. The molecule has 0 bridgehead atoms. The zero-order valence-corrected chi connectivity index (χ0v) is 14.2. The Morgan fingerprint density at radius 3 is 2.57 bits per heavy atom. The molecule has 2 heterocycles. The standard InChI is InChI=1S/C16H26N2O2S/c1-12(17-15(19)16(2,3)4)14(13-6-5-11-21-13)18-7-9-20-10-8-18/h5-6,11-12,14H,7-10H2,1-4H3,(H,17,19)/t12-,14+/m1/s1. The third-order valence-corrected chi connectivity index (χ3v) is 4.73. The summed E-state index contributed by atoms with van der Waals surface area (Å²) in [5, 5.41) is 5.29. The van der Waals surface area contributed by atoms with Gasteiger partial charge in [0.1, 0.15) is 0 Å². The Bertz CT molecular complexity index is 447. The van der Waals surface area contributed by atoms with Crippen LogP contribution in [0.5, 0.6) is 0 Å². The van der Waals surface area contributed by atoms with Gasteiger partial charge in [-0.05, 0) is 18.4 Å². The second-order valence-corrected chi connectivity index (χ2v) is 7.60. The van der Waals surface area contributed by atoms with Crippen molar-refractivity contribution < 1.29 is 9.53 Å². The molecule has 1 aliphatic heterocycles. The first-order valence-electron chi connectivity index (χ1n) is 7.56. The maximum Gasteiger partial charge on any atom is 0.225 e. The van der Waals surface area contributed by atoms with E-state index in [9.17, 15) is 4.79 Å². The molecule has 4 nitrogen and oxygen atoms in total. The van der Waals surface area contributed by atoms with Gasteiger partial charge in [0.2, 0.25) is 5.91 Å². The van der Waals surface area contributed by atoms with Crippen LogP contribution in [0, 0.1) is 5.41 Å². The van der Waals surface area contributed by atoms with E-state index in [4.69, 9.17) is 4.74 Å². The van der Waals surface area contributed by atoms with Crippen LogP contribution in [-0.4, -0.2) is 43.2 Å². The van der Waals surface area contributed by atoms with Crippen LogP contribution in [0.4, 0.5) is 0 Å². The molecule has 0 saturated carbocycles. The van der Waals surface area contributed by atoms with Crippen molar-refractivity contribution in [3.05, 3.63) is 22.4 Å². The number of nitrogens with zero attached hydrogens (tertiary/aromatic N) is 1. The molecule has 0 unspecified atom stereocenters. The molecule has 1 N–H and O–H groups in total. The molecule has 118 valence electrons. The lowest BCUT2D eigenvalue weighted by atomic mass is 9.94. The van der Waals surface area contributed by atoms with Gasteiger partial charge in [-0.3, -0.25) is 9.69 Å². The average Bonchev–Trinajstić information content (AvgIpc) is 2.93. The number of carbonyl (C=O) groups is 1. The van der Waals surface area contributed by atoms with Gasteiger partial charge in [0, 0.05) is 29.4 Å². The fourth-order valence-corrected chi connectivity index (χ4v) is 3.52. The summed E-state index contributed by atoms with van der Waals surface area (Å²) in [4.78, 5) is 16.0. The molecule has 21 heavy (non-hydrogen) atoms. The van der Waals surface area contributed by atoms with Crippen LogP contribution in [0.1, 0.15) is 38.6 Å². The molecule has 1 amide bonds. The van der Waals surface area contributed by atoms with Gasteiger partial charge in [-0.1, -0.05) is 26.8 Å². The highest BCUT2D eigenvalue weighted by atomic mass is 32.1. The van der Waals surface area contributed by atoms with Crippen molar-refractivity contribution in [1.29, 1.82) is 0 Å². The Morgan fingerprint density at radius 2 is 2.05 bits per heavy atom. The lowest BCUT2D eigenvalue weighted by Gasteiger charge is -2.38. The van der Waals surface area contributed by atoms with E-state index in [0.29, 0.717) is 0 Å². The highest BCUT2D eigenvalue weighted by molar-refractivity contribution is 7.10. The van der Waals surface area contributed by atoms with Gasteiger partial charge in [0.25, 0.3) is 0 Å². The first kappa shape index (κ1) is 16.5. The number of thiophene rings is 1. The molecule has 1 aromatic heterocycles. The van der Waals surface area contributed by atoms with E-state index < -0.39 is 0 Å². The Hall–Kier alpha value is -0.910. The van der Waals surface area contributed by atoms with E-state index >= 15 is 0 Å². The van der Waals surface area contributed by atoms with Crippen LogP contribution in [0.2, 0.25) is 0 Å². The Morgan fingerprint density at radius 1 is 1.38 bits per heavy atom. The minimum absolute atomic E-state index is 0.0773. The van der Waals surface area contributed by atoms with Gasteiger partial charge in [-0.25, -0.2) is 0 Å². The molecule has 0 radical (unpaired) electrons. The molecular formula is C16H26N2O2S. The molecule has 2 atom stereocenters. The second kappa shape index (κ2) is 6.90. The monoisotopic (exact) mass is 310 g/mol. The van der Waals surface area contributed by atoms with Crippen molar-refractivity contribution in [2.45, 2.75) is 39.8 Å². The first-order chi connectivity index (χ1) is 9.89. The average molecular weight is 310 g/mol. The van der Waals surface area contributed by atoms with E-state index in [0.717, 1.165) is 26.3 Å². The molecule has 2 rings (SSSR count). The lowest BCUT2D eigenvalue weighted by Crippen LogP contribution is -2.50. The van der Waals surface area contributed by atoms with Gasteiger partial charge in [0.15, 0.2) is 0 Å². The smallest absolute Gasteiger partial charge is 0.225 e. The predicted molar refractivity (Wildman–Crippen MR) is 86.5 cm³/mol. The molecule has 0 aliphatic carbocycles. The number of carbonyl (C=O) groups excluding carboxylic acids is 1. The van der Waals surface area contributed by atoms with Crippen molar-refractivity contribution in [3.8, 4) is 0 Å². The van der Waals surface area contributed by atoms with E-state index in [1.807, 2.05) is 20.8 Å². The summed E-state index contributed by atoms with van der Waals surface area (Å²) in [7, 11) is 0. The number of rotatable bonds is 4. The van der Waals surface area contributed by atoms with Crippen molar-refractivity contribution in [3.63, 3.8) is 0 Å². The minimum atomic E-state index is -0.362. The maximum atomic E-state index is 12.3. The van der Waals surface area contributed by atoms with Crippen LogP contribution in [-0.2, 0) is 9.53 Å². The van der Waals surface area contributed by atoms with Gasteiger partial charge in [0.05, 0.1) is 19.3 Å². The van der Waals surface area contributed by atoms with Crippen molar-refractivity contribution in [1.82, 2.24) is 10.2 Å². The normalized spacial score (nSPS) is 20.0. The number of ether oxygens (including phenoxy) is 1. The highest BCUT2D eigenvalue weighted by Crippen LogP contribution is 2.29.